The molecule has 3 aromatic carbocycles. The van der Waals surface area contributed by atoms with Crippen molar-refractivity contribution in [1.82, 2.24) is 4.57 Å². The van der Waals surface area contributed by atoms with Crippen molar-refractivity contribution in [3.05, 3.63) is 128 Å². The number of ether oxygens (including phenoxy) is 3. The Hall–Kier alpha value is -4.45. The molecule has 0 amide bonds. The summed E-state index contributed by atoms with van der Waals surface area (Å²) < 4.78 is 18.9. The molecule has 238 valence electrons. The normalized spacial score (nSPS) is 14.5. The van der Waals surface area contributed by atoms with Crippen LogP contribution in [0, 0.1) is 17.0 Å². The van der Waals surface area contributed by atoms with E-state index in [-0.39, 0.29) is 29.5 Å². The lowest BCUT2D eigenvalue weighted by atomic mass is 9.94. The van der Waals surface area contributed by atoms with Gasteiger partial charge < -0.3 is 14.2 Å². The smallest absolute Gasteiger partial charge is 0.338 e. The maximum absolute atomic E-state index is 14.0. The molecule has 2 heterocycles. The van der Waals surface area contributed by atoms with E-state index in [1.165, 1.54) is 10.6 Å². The highest BCUT2D eigenvalue weighted by Gasteiger charge is 2.34. The lowest BCUT2D eigenvalue weighted by Crippen LogP contribution is -2.40. The van der Waals surface area contributed by atoms with E-state index in [9.17, 15) is 19.7 Å². The van der Waals surface area contributed by atoms with Gasteiger partial charge in [0.25, 0.3) is 11.2 Å². The summed E-state index contributed by atoms with van der Waals surface area (Å²) in [6.07, 6.45) is 1.65. The fraction of sp³-hybridized carbons (Fsp3) is 0.242. The highest BCUT2D eigenvalue weighted by molar-refractivity contribution is 7.07. The first kappa shape index (κ1) is 32.9. The van der Waals surface area contributed by atoms with Gasteiger partial charge in [0.2, 0.25) is 0 Å². The second kappa shape index (κ2) is 13.9. The lowest BCUT2D eigenvalue weighted by Gasteiger charge is -2.24. The number of allylic oxidation sites excluding steroid dienone is 1. The first-order valence-corrected chi connectivity index (χ1v) is 15.9. The zero-order valence-electron chi connectivity index (χ0n) is 25.3. The minimum absolute atomic E-state index is 0.100. The SMILES string of the molecule is CCOC(=O)C1=C(C)N=c2s/c(=C/c3cc(Cl)c(OCc4ccc(Cl)cc4)c(OCC)c3)c(=O)n2[C@H]1c1ccc(C)c([N+](=O)[O-])c1. The average Bonchev–Trinajstić information content (AvgIpc) is 3.31. The Kier molecular flexibility index (Phi) is 9.95. The van der Waals surface area contributed by atoms with Crippen LogP contribution in [-0.2, 0) is 16.1 Å². The zero-order valence-corrected chi connectivity index (χ0v) is 27.7. The van der Waals surface area contributed by atoms with Crippen molar-refractivity contribution in [2.75, 3.05) is 13.2 Å². The summed E-state index contributed by atoms with van der Waals surface area (Å²) in [6, 6.07) is 14.3. The zero-order chi connectivity index (χ0) is 33.1. The summed E-state index contributed by atoms with van der Waals surface area (Å²) in [6.45, 7) is 7.45. The van der Waals surface area contributed by atoms with Crippen LogP contribution in [0.2, 0.25) is 10.0 Å². The third kappa shape index (κ3) is 6.72. The molecule has 1 aromatic heterocycles. The molecule has 0 bridgehead atoms. The van der Waals surface area contributed by atoms with Gasteiger partial charge in [-0.1, -0.05) is 58.8 Å². The minimum Gasteiger partial charge on any atom is -0.490 e. The van der Waals surface area contributed by atoms with Crippen LogP contribution >= 0.6 is 34.5 Å². The molecule has 0 aliphatic carbocycles. The summed E-state index contributed by atoms with van der Waals surface area (Å²) in [7, 11) is 0. The monoisotopic (exact) mass is 681 g/mol. The summed E-state index contributed by atoms with van der Waals surface area (Å²) in [5, 5.41) is 12.7. The summed E-state index contributed by atoms with van der Waals surface area (Å²) >= 11 is 13.8. The van der Waals surface area contributed by atoms with Crippen molar-refractivity contribution in [3.8, 4) is 11.5 Å². The van der Waals surface area contributed by atoms with Crippen LogP contribution in [0.5, 0.6) is 11.5 Å². The number of carbonyl (C=O) groups is 1. The summed E-state index contributed by atoms with van der Waals surface area (Å²) in [5.74, 6) is 0.0922. The number of aryl methyl sites for hydroxylation is 1. The Morgan fingerprint density at radius 1 is 1.07 bits per heavy atom. The number of hydrogen-bond donors (Lipinski definition) is 0. The molecule has 0 spiro atoms. The number of carbonyl (C=O) groups excluding carboxylic acids is 1. The first-order valence-electron chi connectivity index (χ1n) is 14.3. The van der Waals surface area contributed by atoms with Crippen LogP contribution in [0.25, 0.3) is 6.08 Å². The second-order valence-electron chi connectivity index (χ2n) is 10.3. The molecule has 4 aromatic rings. The molecule has 5 rings (SSSR count). The van der Waals surface area contributed by atoms with Crippen molar-refractivity contribution >= 4 is 52.3 Å². The number of rotatable bonds is 10. The predicted molar refractivity (Wildman–Crippen MR) is 177 cm³/mol. The third-order valence-corrected chi connectivity index (χ3v) is 8.70. The number of aromatic nitrogens is 1. The van der Waals surface area contributed by atoms with Gasteiger partial charge in [0, 0.05) is 16.7 Å². The van der Waals surface area contributed by atoms with E-state index in [4.69, 9.17) is 37.4 Å². The molecular formula is C33H29Cl2N3O7S. The third-order valence-electron chi connectivity index (χ3n) is 7.19. The molecular weight excluding hydrogens is 653 g/mol. The predicted octanol–water partition coefficient (Wildman–Crippen LogP) is 6.30. The molecule has 46 heavy (non-hydrogen) atoms. The Balaban J connectivity index is 1.61. The Bertz CT molecular complexity index is 2050. The van der Waals surface area contributed by atoms with Crippen LogP contribution in [0.4, 0.5) is 5.69 Å². The van der Waals surface area contributed by atoms with Crippen LogP contribution in [0.1, 0.15) is 49.1 Å². The number of benzene rings is 3. The van der Waals surface area contributed by atoms with Gasteiger partial charge in [-0.25, -0.2) is 9.79 Å². The van der Waals surface area contributed by atoms with Crippen molar-refractivity contribution in [2.45, 2.75) is 40.3 Å². The molecule has 0 saturated carbocycles. The molecule has 0 unspecified atom stereocenters. The topological polar surface area (TPSA) is 122 Å². The quantitative estimate of drug-likeness (QED) is 0.109. The molecule has 0 radical (unpaired) electrons. The van der Waals surface area contributed by atoms with Gasteiger partial charge in [-0.2, -0.15) is 0 Å². The molecule has 0 fully saturated rings. The maximum atomic E-state index is 14.0. The molecule has 13 heteroatoms. The number of hydrogen-bond acceptors (Lipinski definition) is 9. The number of nitro benzene ring substituents is 1. The van der Waals surface area contributed by atoms with Gasteiger partial charge in [0.05, 0.1) is 45.0 Å². The van der Waals surface area contributed by atoms with E-state index in [0.717, 1.165) is 16.9 Å². The highest BCUT2D eigenvalue weighted by atomic mass is 35.5. The van der Waals surface area contributed by atoms with E-state index in [1.807, 2.05) is 19.1 Å². The molecule has 1 atom stereocenters. The van der Waals surface area contributed by atoms with Gasteiger partial charge in [-0.05, 0) is 74.7 Å². The molecule has 0 saturated heterocycles. The summed E-state index contributed by atoms with van der Waals surface area (Å²) in [4.78, 5) is 43.4. The minimum atomic E-state index is -0.997. The Morgan fingerprint density at radius 2 is 1.80 bits per heavy atom. The number of esters is 1. The number of fused-ring (bicyclic) bond motifs is 1. The second-order valence-corrected chi connectivity index (χ2v) is 12.1. The van der Waals surface area contributed by atoms with Gasteiger partial charge >= 0.3 is 5.97 Å². The van der Waals surface area contributed by atoms with Crippen molar-refractivity contribution in [2.24, 2.45) is 4.99 Å². The van der Waals surface area contributed by atoms with E-state index in [1.54, 1.807) is 63.2 Å². The molecule has 10 nitrogen and oxygen atoms in total. The molecule has 0 N–H and O–H groups in total. The van der Waals surface area contributed by atoms with E-state index < -0.39 is 22.5 Å². The van der Waals surface area contributed by atoms with Gasteiger partial charge in [-0.3, -0.25) is 19.5 Å². The number of nitrogens with zero attached hydrogens (tertiary/aromatic N) is 3. The van der Waals surface area contributed by atoms with Crippen LogP contribution < -0.4 is 24.4 Å². The van der Waals surface area contributed by atoms with Crippen LogP contribution in [-0.4, -0.2) is 28.7 Å². The fourth-order valence-electron chi connectivity index (χ4n) is 5.06. The Morgan fingerprint density at radius 3 is 2.48 bits per heavy atom. The van der Waals surface area contributed by atoms with E-state index in [2.05, 4.69) is 4.99 Å². The van der Waals surface area contributed by atoms with Crippen molar-refractivity contribution in [3.63, 3.8) is 0 Å². The van der Waals surface area contributed by atoms with E-state index in [0.29, 0.717) is 54.8 Å². The number of nitro groups is 1. The number of halogens is 2. The van der Waals surface area contributed by atoms with Gasteiger partial charge in [0.1, 0.15) is 6.61 Å². The van der Waals surface area contributed by atoms with Crippen molar-refractivity contribution in [1.29, 1.82) is 0 Å². The molecule has 1 aliphatic heterocycles. The standard InChI is InChI=1S/C33H29Cl2N3O7S/c1-5-43-26-14-21(13-24(35)30(26)45-17-20-8-11-23(34)12-9-20)15-27-31(39)37-29(22-10-7-18(3)25(16-22)38(41)42)28(32(40)44-6-2)19(4)36-33(37)46-27/h7-16,29H,5-6,17H2,1-4H3/b27-15+/t29-/m0/s1. The van der Waals surface area contributed by atoms with Crippen molar-refractivity contribution < 1.29 is 23.9 Å². The fourth-order valence-corrected chi connectivity index (χ4v) is 6.51. The van der Waals surface area contributed by atoms with Gasteiger partial charge in [0.15, 0.2) is 16.3 Å². The van der Waals surface area contributed by atoms with Crippen LogP contribution in [0.15, 0.2) is 75.7 Å². The van der Waals surface area contributed by atoms with Gasteiger partial charge in [-0.15, -0.1) is 0 Å². The maximum Gasteiger partial charge on any atom is 0.338 e. The molecule has 1 aliphatic rings. The Labute approximate surface area is 277 Å². The average molecular weight is 683 g/mol. The highest BCUT2D eigenvalue weighted by Crippen LogP contribution is 2.38. The summed E-state index contributed by atoms with van der Waals surface area (Å²) in [5.41, 5.74) is 2.19. The first-order chi connectivity index (χ1) is 22.0. The largest absolute Gasteiger partial charge is 0.490 e. The lowest BCUT2D eigenvalue weighted by molar-refractivity contribution is -0.385. The van der Waals surface area contributed by atoms with Crippen LogP contribution in [0.3, 0.4) is 0 Å². The number of thiazole rings is 1. The van der Waals surface area contributed by atoms with E-state index >= 15 is 0 Å².